The maximum atomic E-state index is 6.40. The van der Waals surface area contributed by atoms with E-state index in [1.165, 1.54) is 57.8 Å². The van der Waals surface area contributed by atoms with Gasteiger partial charge in [0, 0.05) is 0 Å². The average molecular weight is 290 g/mol. The summed E-state index contributed by atoms with van der Waals surface area (Å²) in [5, 5.41) is 0. The van der Waals surface area contributed by atoms with Crippen LogP contribution in [0.15, 0.2) is 24.3 Å². The van der Waals surface area contributed by atoms with Gasteiger partial charge in [-0.15, -0.1) is 0 Å². The Morgan fingerprint density at radius 2 is 1.76 bits per heavy atom. The summed E-state index contributed by atoms with van der Waals surface area (Å²) in [6.45, 7) is 2.26. The molecule has 0 amide bonds. The van der Waals surface area contributed by atoms with Crippen LogP contribution in [-0.4, -0.2) is 13.2 Å². The van der Waals surface area contributed by atoms with Crippen molar-refractivity contribution in [2.75, 3.05) is 7.11 Å². The molecule has 1 unspecified atom stereocenters. The molecule has 2 heteroatoms. The fourth-order valence-electron chi connectivity index (χ4n) is 3.37. The molecule has 1 aromatic carbocycles. The van der Waals surface area contributed by atoms with Gasteiger partial charge < -0.3 is 9.47 Å². The van der Waals surface area contributed by atoms with Crippen molar-refractivity contribution in [2.24, 2.45) is 5.92 Å². The monoisotopic (exact) mass is 290 g/mol. The first-order valence-electron chi connectivity index (χ1n) is 8.64. The lowest BCUT2D eigenvalue weighted by molar-refractivity contribution is 0.0939. The molecular formula is C19H30O2. The number of ether oxygens (including phenoxy) is 2. The van der Waals surface area contributed by atoms with Crippen LogP contribution in [0.3, 0.4) is 0 Å². The van der Waals surface area contributed by atoms with E-state index in [0.717, 1.165) is 17.4 Å². The van der Waals surface area contributed by atoms with Crippen LogP contribution in [0.4, 0.5) is 0 Å². The van der Waals surface area contributed by atoms with E-state index in [-0.39, 0.29) is 0 Å². The lowest BCUT2D eigenvalue weighted by Crippen LogP contribution is -2.29. The first-order chi connectivity index (χ1) is 10.3. The molecule has 1 aromatic rings. The van der Waals surface area contributed by atoms with E-state index in [1.807, 2.05) is 24.3 Å². The van der Waals surface area contributed by atoms with E-state index in [4.69, 9.17) is 9.47 Å². The number of methoxy groups -OCH3 is 1. The molecule has 0 aromatic heterocycles. The highest BCUT2D eigenvalue weighted by Gasteiger charge is 2.25. The molecule has 0 aliphatic heterocycles. The second kappa shape index (κ2) is 8.96. The highest BCUT2D eigenvalue weighted by molar-refractivity contribution is 5.39. The van der Waals surface area contributed by atoms with Crippen LogP contribution in [0.1, 0.15) is 64.7 Å². The smallest absolute Gasteiger partial charge is 0.161 e. The minimum Gasteiger partial charge on any atom is -0.493 e. The Morgan fingerprint density at radius 3 is 2.43 bits per heavy atom. The van der Waals surface area contributed by atoms with Crippen molar-refractivity contribution in [3.05, 3.63) is 24.3 Å². The first-order valence-corrected chi connectivity index (χ1v) is 8.64. The maximum Gasteiger partial charge on any atom is 0.161 e. The molecule has 1 fully saturated rings. The topological polar surface area (TPSA) is 18.5 Å². The molecule has 1 atom stereocenters. The Labute approximate surface area is 129 Å². The normalized spacial score (nSPS) is 17.4. The number of unbranched alkanes of at least 4 members (excludes halogenated alkanes) is 2. The molecule has 0 heterocycles. The molecule has 0 radical (unpaired) electrons. The number of hydrogen-bond acceptors (Lipinski definition) is 2. The average Bonchev–Trinajstić information content (AvgIpc) is 2.55. The summed E-state index contributed by atoms with van der Waals surface area (Å²) in [4.78, 5) is 0. The van der Waals surface area contributed by atoms with Crippen molar-refractivity contribution >= 4 is 0 Å². The van der Waals surface area contributed by atoms with Crippen LogP contribution in [-0.2, 0) is 0 Å². The summed E-state index contributed by atoms with van der Waals surface area (Å²) in [6, 6.07) is 8.05. The zero-order valence-electron chi connectivity index (χ0n) is 13.6. The molecule has 21 heavy (non-hydrogen) atoms. The predicted molar refractivity (Wildman–Crippen MR) is 88.1 cm³/mol. The SMILES string of the molecule is CCCCCC(Oc1ccccc1OC)C1CCCCC1. The minimum absolute atomic E-state index is 0.355. The van der Waals surface area contributed by atoms with Crippen molar-refractivity contribution in [3.63, 3.8) is 0 Å². The molecule has 2 rings (SSSR count). The molecule has 118 valence electrons. The first kappa shape index (κ1) is 16.2. The van der Waals surface area contributed by atoms with Gasteiger partial charge >= 0.3 is 0 Å². The Hall–Kier alpha value is -1.18. The standard InChI is InChI=1S/C19H30O2/c1-3-4-6-13-17(16-11-7-5-8-12-16)21-19-15-10-9-14-18(19)20-2/h9-10,14-17H,3-8,11-13H2,1-2H3. The van der Waals surface area contributed by atoms with E-state index in [9.17, 15) is 0 Å². The molecule has 0 saturated heterocycles. The van der Waals surface area contributed by atoms with Crippen molar-refractivity contribution < 1.29 is 9.47 Å². The molecule has 1 saturated carbocycles. The largest absolute Gasteiger partial charge is 0.493 e. The highest BCUT2D eigenvalue weighted by atomic mass is 16.5. The Bertz CT molecular complexity index is 396. The summed E-state index contributed by atoms with van der Waals surface area (Å²) in [5.74, 6) is 2.49. The van der Waals surface area contributed by atoms with E-state index in [1.54, 1.807) is 7.11 Å². The molecule has 1 aliphatic rings. The third-order valence-electron chi connectivity index (χ3n) is 4.62. The van der Waals surface area contributed by atoms with Crippen LogP contribution in [0.5, 0.6) is 11.5 Å². The van der Waals surface area contributed by atoms with Crippen LogP contribution < -0.4 is 9.47 Å². The van der Waals surface area contributed by atoms with Crippen LogP contribution >= 0.6 is 0 Å². The molecule has 0 spiro atoms. The van der Waals surface area contributed by atoms with E-state index in [0.29, 0.717) is 6.10 Å². The van der Waals surface area contributed by atoms with Gasteiger partial charge in [-0.1, -0.05) is 51.2 Å². The van der Waals surface area contributed by atoms with Gasteiger partial charge in [0.1, 0.15) is 6.10 Å². The lowest BCUT2D eigenvalue weighted by atomic mass is 9.83. The number of rotatable bonds is 8. The zero-order chi connectivity index (χ0) is 14.9. The number of benzene rings is 1. The second-order valence-electron chi connectivity index (χ2n) is 6.20. The van der Waals surface area contributed by atoms with Gasteiger partial charge in [0.25, 0.3) is 0 Å². The van der Waals surface area contributed by atoms with Gasteiger partial charge in [-0.25, -0.2) is 0 Å². The number of para-hydroxylation sites is 2. The molecule has 2 nitrogen and oxygen atoms in total. The summed E-state index contributed by atoms with van der Waals surface area (Å²) in [7, 11) is 1.72. The van der Waals surface area contributed by atoms with E-state index >= 15 is 0 Å². The van der Waals surface area contributed by atoms with Crippen LogP contribution in [0.25, 0.3) is 0 Å². The summed E-state index contributed by atoms with van der Waals surface area (Å²) >= 11 is 0. The quantitative estimate of drug-likeness (QED) is 0.580. The van der Waals surface area contributed by atoms with Gasteiger partial charge in [-0.3, -0.25) is 0 Å². The summed E-state index contributed by atoms with van der Waals surface area (Å²) in [5.41, 5.74) is 0. The fourth-order valence-corrected chi connectivity index (χ4v) is 3.37. The lowest BCUT2D eigenvalue weighted by Gasteiger charge is -2.31. The van der Waals surface area contributed by atoms with Crippen molar-refractivity contribution in [3.8, 4) is 11.5 Å². The zero-order valence-corrected chi connectivity index (χ0v) is 13.6. The second-order valence-corrected chi connectivity index (χ2v) is 6.20. The third-order valence-corrected chi connectivity index (χ3v) is 4.62. The van der Waals surface area contributed by atoms with Gasteiger partial charge in [-0.05, 0) is 43.7 Å². The van der Waals surface area contributed by atoms with Crippen molar-refractivity contribution in [1.82, 2.24) is 0 Å². The molecular weight excluding hydrogens is 260 g/mol. The third kappa shape index (κ3) is 4.94. The van der Waals surface area contributed by atoms with E-state index < -0.39 is 0 Å². The Kier molecular flexibility index (Phi) is 6.91. The van der Waals surface area contributed by atoms with E-state index in [2.05, 4.69) is 6.92 Å². The van der Waals surface area contributed by atoms with Gasteiger partial charge in [-0.2, -0.15) is 0 Å². The predicted octanol–water partition coefficient (Wildman–Crippen LogP) is 5.60. The number of hydrogen-bond donors (Lipinski definition) is 0. The van der Waals surface area contributed by atoms with Crippen LogP contribution in [0, 0.1) is 5.92 Å². The Morgan fingerprint density at radius 1 is 1.05 bits per heavy atom. The van der Waals surface area contributed by atoms with Crippen molar-refractivity contribution in [1.29, 1.82) is 0 Å². The summed E-state index contributed by atoms with van der Waals surface area (Å²) < 4.78 is 11.8. The maximum absolute atomic E-state index is 6.40. The molecule has 1 aliphatic carbocycles. The fraction of sp³-hybridized carbons (Fsp3) is 0.684. The van der Waals surface area contributed by atoms with Gasteiger partial charge in [0.2, 0.25) is 0 Å². The molecule has 0 bridgehead atoms. The van der Waals surface area contributed by atoms with Gasteiger partial charge in [0.05, 0.1) is 7.11 Å². The minimum atomic E-state index is 0.355. The Balaban J connectivity index is 2.02. The van der Waals surface area contributed by atoms with Gasteiger partial charge in [0.15, 0.2) is 11.5 Å². The van der Waals surface area contributed by atoms with Crippen molar-refractivity contribution in [2.45, 2.75) is 70.8 Å². The molecule has 0 N–H and O–H groups in total. The summed E-state index contributed by atoms with van der Waals surface area (Å²) in [6.07, 6.45) is 12.2. The van der Waals surface area contributed by atoms with Crippen LogP contribution in [0.2, 0.25) is 0 Å². The highest BCUT2D eigenvalue weighted by Crippen LogP contribution is 2.34.